The van der Waals surface area contributed by atoms with Crippen molar-refractivity contribution in [2.24, 2.45) is 4.99 Å². The zero-order valence-electron chi connectivity index (χ0n) is 18.0. The molecule has 0 amide bonds. The molecule has 1 aliphatic heterocycles. The summed E-state index contributed by atoms with van der Waals surface area (Å²) in [5.41, 5.74) is 2.26. The molecule has 7 nitrogen and oxygen atoms in total. The highest BCUT2D eigenvalue weighted by Gasteiger charge is 2.21. The summed E-state index contributed by atoms with van der Waals surface area (Å²) in [5.74, 6) is 2.72. The molecule has 0 spiro atoms. The van der Waals surface area contributed by atoms with Crippen LogP contribution in [0.15, 0.2) is 23.2 Å². The van der Waals surface area contributed by atoms with E-state index in [1.807, 2.05) is 26.1 Å². The van der Waals surface area contributed by atoms with Crippen molar-refractivity contribution in [3.63, 3.8) is 0 Å². The van der Waals surface area contributed by atoms with Crippen molar-refractivity contribution >= 4 is 17.3 Å². The van der Waals surface area contributed by atoms with Crippen LogP contribution in [0.1, 0.15) is 21.1 Å². The van der Waals surface area contributed by atoms with Gasteiger partial charge in [-0.05, 0) is 32.0 Å². The Kier molecular flexibility index (Phi) is 7.33. The van der Waals surface area contributed by atoms with E-state index < -0.39 is 0 Å². The van der Waals surface area contributed by atoms with Crippen LogP contribution in [0.5, 0.6) is 11.5 Å². The summed E-state index contributed by atoms with van der Waals surface area (Å²) in [7, 11) is 5.25. The van der Waals surface area contributed by atoms with E-state index >= 15 is 0 Å². The van der Waals surface area contributed by atoms with Gasteiger partial charge in [-0.3, -0.25) is 9.89 Å². The molecule has 1 fully saturated rings. The minimum Gasteiger partial charge on any atom is -0.497 e. The van der Waals surface area contributed by atoms with Gasteiger partial charge >= 0.3 is 0 Å². The van der Waals surface area contributed by atoms with Crippen LogP contribution in [0, 0.1) is 13.8 Å². The Morgan fingerprint density at radius 1 is 1.17 bits per heavy atom. The second-order valence-electron chi connectivity index (χ2n) is 7.08. The van der Waals surface area contributed by atoms with Crippen molar-refractivity contribution in [2.75, 3.05) is 47.4 Å². The molecule has 1 N–H and O–H groups in total. The lowest BCUT2D eigenvalue weighted by Crippen LogP contribution is -2.52. The predicted molar refractivity (Wildman–Crippen MR) is 118 cm³/mol. The molecule has 3 rings (SSSR count). The van der Waals surface area contributed by atoms with Gasteiger partial charge in [-0.25, -0.2) is 4.98 Å². The van der Waals surface area contributed by atoms with Gasteiger partial charge in [-0.1, -0.05) is 0 Å². The number of piperazine rings is 1. The van der Waals surface area contributed by atoms with Crippen LogP contribution in [-0.4, -0.2) is 68.2 Å². The third-order valence-electron chi connectivity index (χ3n) is 5.17. The highest BCUT2D eigenvalue weighted by Crippen LogP contribution is 2.25. The quantitative estimate of drug-likeness (QED) is 0.576. The first kappa shape index (κ1) is 21.4. The molecule has 0 aliphatic carbocycles. The Bertz CT molecular complexity index is 844. The Balaban J connectivity index is 1.55. The van der Waals surface area contributed by atoms with E-state index in [9.17, 15) is 0 Å². The highest BCUT2D eigenvalue weighted by atomic mass is 32.1. The van der Waals surface area contributed by atoms with Gasteiger partial charge in [-0.2, -0.15) is 0 Å². The fourth-order valence-corrected chi connectivity index (χ4v) is 4.47. The second kappa shape index (κ2) is 9.93. The lowest BCUT2D eigenvalue weighted by Gasteiger charge is -2.36. The van der Waals surface area contributed by atoms with Gasteiger partial charge in [0.15, 0.2) is 5.96 Å². The van der Waals surface area contributed by atoms with Crippen molar-refractivity contribution in [1.82, 2.24) is 20.1 Å². The molecule has 158 valence electrons. The molecular formula is C21H31N5O2S. The minimum atomic E-state index is 0.769. The molecule has 0 radical (unpaired) electrons. The Morgan fingerprint density at radius 2 is 1.93 bits per heavy atom. The van der Waals surface area contributed by atoms with Gasteiger partial charge in [0.2, 0.25) is 0 Å². The predicted octanol–water partition coefficient (Wildman–Crippen LogP) is 2.67. The average molecular weight is 418 g/mol. The summed E-state index contributed by atoms with van der Waals surface area (Å²) >= 11 is 1.74. The molecular weight excluding hydrogens is 386 g/mol. The van der Waals surface area contributed by atoms with Gasteiger partial charge in [0.25, 0.3) is 0 Å². The molecule has 2 heterocycles. The summed E-state index contributed by atoms with van der Waals surface area (Å²) in [4.78, 5) is 15.0. The fraction of sp³-hybridized carbons (Fsp3) is 0.524. The number of aliphatic imine (C=N–C) groups is 1. The SMILES string of the molecule is CN=C(NCc1sc(C)nc1C)N1CCN(Cc2cc(OC)ccc2OC)CC1. The topological polar surface area (TPSA) is 62.2 Å². The molecule has 0 saturated carbocycles. The van der Waals surface area contributed by atoms with E-state index in [2.05, 4.69) is 38.1 Å². The fourth-order valence-electron chi connectivity index (χ4n) is 3.59. The number of hydrogen-bond donors (Lipinski definition) is 1. The number of guanidine groups is 1. The highest BCUT2D eigenvalue weighted by molar-refractivity contribution is 7.11. The number of ether oxygens (including phenoxy) is 2. The van der Waals surface area contributed by atoms with E-state index in [4.69, 9.17) is 9.47 Å². The number of thiazole rings is 1. The largest absolute Gasteiger partial charge is 0.497 e. The Morgan fingerprint density at radius 3 is 2.52 bits per heavy atom. The van der Waals surface area contributed by atoms with Gasteiger partial charge in [0, 0.05) is 50.2 Å². The molecule has 0 atom stereocenters. The molecule has 29 heavy (non-hydrogen) atoms. The Labute approximate surface area is 177 Å². The van der Waals surface area contributed by atoms with Crippen LogP contribution in [0.4, 0.5) is 0 Å². The second-order valence-corrected chi connectivity index (χ2v) is 8.37. The lowest BCUT2D eigenvalue weighted by atomic mass is 10.1. The normalized spacial score (nSPS) is 15.5. The zero-order valence-corrected chi connectivity index (χ0v) is 18.8. The van der Waals surface area contributed by atoms with Crippen LogP contribution in [-0.2, 0) is 13.1 Å². The zero-order chi connectivity index (χ0) is 20.8. The molecule has 1 aromatic carbocycles. The molecule has 0 bridgehead atoms. The van der Waals surface area contributed by atoms with E-state index in [0.29, 0.717) is 0 Å². The van der Waals surface area contributed by atoms with Crippen LogP contribution >= 0.6 is 11.3 Å². The van der Waals surface area contributed by atoms with Crippen LogP contribution in [0.25, 0.3) is 0 Å². The smallest absolute Gasteiger partial charge is 0.194 e. The van der Waals surface area contributed by atoms with E-state index in [1.54, 1.807) is 25.6 Å². The number of benzene rings is 1. The lowest BCUT2D eigenvalue weighted by molar-refractivity contribution is 0.171. The van der Waals surface area contributed by atoms with Gasteiger partial charge < -0.3 is 19.7 Å². The number of rotatable bonds is 6. The van der Waals surface area contributed by atoms with Crippen molar-refractivity contribution < 1.29 is 9.47 Å². The summed E-state index contributed by atoms with van der Waals surface area (Å²) in [6.45, 7) is 9.55. The third-order valence-corrected chi connectivity index (χ3v) is 6.24. The standard InChI is InChI=1S/C21H31N5O2S/c1-15-20(29-16(2)24-15)13-23-21(22-3)26-10-8-25(9-11-26)14-17-12-18(27-4)6-7-19(17)28-5/h6-7,12H,8-11,13-14H2,1-5H3,(H,22,23). The molecule has 8 heteroatoms. The first-order chi connectivity index (χ1) is 14.0. The van der Waals surface area contributed by atoms with Crippen molar-refractivity contribution in [3.8, 4) is 11.5 Å². The maximum Gasteiger partial charge on any atom is 0.194 e. The van der Waals surface area contributed by atoms with Gasteiger partial charge in [-0.15, -0.1) is 11.3 Å². The summed E-state index contributed by atoms with van der Waals surface area (Å²) in [6, 6.07) is 5.96. The minimum absolute atomic E-state index is 0.769. The van der Waals surface area contributed by atoms with E-state index in [-0.39, 0.29) is 0 Å². The van der Waals surface area contributed by atoms with Gasteiger partial charge in [0.05, 0.1) is 31.5 Å². The number of hydrogen-bond acceptors (Lipinski definition) is 6. The molecule has 2 aromatic rings. The van der Waals surface area contributed by atoms with E-state index in [1.165, 1.54) is 4.88 Å². The third kappa shape index (κ3) is 5.39. The van der Waals surface area contributed by atoms with Crippen LogP contribution < -0.4 is 14.8 Å². The summed E-state index contributed by atoms with van der Waals surface area (Å²) < 4.78 is 10.9. The molecule has 1 aromatic heterocycles. The van der Waals surface area contributed by atoms with Crippen molar-refractivity contribution in [2.45, 2.75) is 26.9 Å². The number of methoxy groups -OCH3 is 2. The number of nitrogens with one attached hydrogen (secondary N) is 1. The summed E-state index contributed by atoms with van der Waals surface area (Å²) in [6.07, 6.45) is 0. The average Bonchev–Trinajstić information content (AvgIpc) is 3.06. The maximum atomic E-state index is 5.52. The number of nitrogens with zero attached hydrogens (tertiary/aromatic N) is 4. The molecule has 1 aliphatic rings. The first-order valence-electron chi connectivity index (χ1n) is 9.85. The molecule has 0 unspecified atom stereocenters. The van der Waals surface area contributed by atoms with Crippen LogP contribution in [0.2, 0.25) is 0 Å². The monoisotopic (exact) mass is 417 g/mol. The van der Waals surface area contributed by atoms with Crippen LogP contribution in [0.3, 0.4) is 0 Å². The Hall–Kier alpha value is -2.32. The van der Waals surface area contributed by atoms with E-state index in [0.717, 1.165) is 73.0 Å². The van der Waals surface area contributed by atoms with Gasteiger partial charge in [0.1, 0.15) is 11.5 Å². The maximum absolute atomic E-state index is 5.52. The first-order valence-corrected chi connectivity index (χ1v) is 10.7. The van der Waals surface area contributed by atoms with Crippen molar-refractivity contribution in [3.05, 3.63) is 39.3 Å². The molecule has 1 saturated heterocycles. The number of aromatic nitrogens is 1. The van der Waals surface area contributed by atoms with Crippen molar-refractivity contribution in [1.29, 1.82) is 0 Å². The number of aryl methyl sites for hydroxylation is 2. The summed E-state index contributed by atoms with van der Waals surface area (Å²) in [5, 5.41) is 4.61.